The summed E-state index contributed by atoms with van der Waals surface area (Å²) in [5, 5.41) is 12.5. The zero-order chi connectivity index (χ0) is 14.4. The summed E-state index contributed by atoms with van der Waals surface area (Å²) < 4.78 is 0. The van der Waals surface area contributed by atoms with E-state index in [1.807, 2.05) is 32.2 Å². The zero-order valence-corrected chi connectivity index (χ0v) is 11.7. The Morgan fingerprint density at radius 1 is 1.40 bits per heavy atom. The molecular formula is C14H19N5O. The van der Waals surface area contributed by atoms with E-state index in [4.69, 9.17) is 0 Å². The lowest BCUT2D eigenvalue weighted by molar-refractivity contribution is 0.0954. The van der Waals surface area contributed by atoms with Gasteiger partial charge in [-0.05, 0) is 25.5 Å². The second kappa shape index (κ2) is 6.70. The Morgan fingerprint density at radius 2 is 2.25 bits per heavy atom. The summed E-state index contributed by atoms with van der Waals surface area (Å²) >= 11 is 0. The number of aromatic amines is 1. The topological polar surface area (TPSA) is 82.7 Å². The van der Waals surface area contributed by atoms with Crippen molar-refractivity contribution in [2.75, 3.05) is 18.9 Å². The molecule has 0 unspecified atom stereocenters. The second-order valence-electron chi connectivity index (χ2n) is 4.59. The van der Waals surface area contributed by atoms with Gasteiger partial charge in [-0.25, -0.2) is 4.98 Å². The van der Waals surface area contributed by atoms with Gasteiger partial charge in [0.1, 0.15) is 12.2 Å². The van der Waals surface area contributed by atoms with Crippen molar-refractivity contribution in [1.29, 1.82) is 0 Å². The number of benzene rings is 1. The van der Waals surface area contributed by atoms with E-state index in [9.17, 15) is 4.79 Å². The minimum absolute atomic E-state index is 0.0596. The van der Waals surface area contributed by atoms with Gasteiger partial charge < -0.3 is 10.6 Å². The summed E-state index contributed by atoms with van der Waals surface area (Å²) in [7, 11) is 1.81. The van der Waals surface area contributed by atoms with Gasteiger partial charge >= 0.3 is 0 Å². The van der Waals surface area contributed by atoms with Crippen LogP contribution in [0.25, 0.3) is 0 Å². The van der Waals surface area contributed by atoms with Gasteiger partial charge in [-0.15, -0.1) is 0 Å². The van der Waals surface area contributed by atoms with Crippen LogP contribution in [0, 0.1) is 6.92 Å². The van der Waals surface area contributed by atoms with E-state index in [1.54, 1.807) is 0 Å². The quantitative estimate of drug-likeness (QED) is 0.697. The third-order valence-corrected chi connectivity index (χ3v) is 3.03. The van der Waals surface area contributed by atoms with Crippen molar-refractivity contribution in [3.63, 3.8) is 0 Å². The van der Waals surface area contributed by atoms with Crippen molar-refractivity contribution in [2.24, 2.45) is 0 Å². The Balaban J connectivity index is 1.87. The van der Waals surface area contributed by atoms with Crippen molar-refractivity contribution in [3.05, 3.63) is 41.5 Å². The number of amides is 1. The second-order valence-corrected chi connectivity index (χ2v) is 4.59. The number of anilines is 1. The maximum absolute atomic E-state index is 12.2. The molecule has 0 radical (unpaired) electrons. The normalized spacial score (nSPS) is 10.3. The number of aryl methyl sites for hydroxylation is 2. The fourth-order valence-corrected chi connectivity index (χ4v) is 1.97. The highest BCUT2D eigenvalue weighted by molar-refractivity contribution is 5.99. The SMILES string of the molecule is CNc1ccc(C)cc1C(=O)NCCCc1ncn[nH]1. The van der Waals surface area contributed by atoms with Crippen molar-refractivity contribution < 1.29 is 4.79 Å². The number of nitrogens with one attached hydrogen (secondary N) is 3. The van der Waals surface area contributed by atoms with Crippen LogP contribution in [0.1, 0.15) is 28.2 Å². The lowest BCUT2D eigenvalue weighted by atomic mass is 10.1. The van der Waals surface area contributed by atoms with Crippen LogP contribution in [-0.2, 0) is 6.42 Å². The first-order valence-electron chi connectivity index (χ1n) is 6.61. The number of rotatable bonds is 6. The molecule has 0 aliphatic heterocycles. The molecule has 20 heavy (non-hydrogen) atoms. The van der Waals surface area contributed by atoms with Crippen molar-refractivity contribution >= 4 is 11.6 Å². The van der Waals surface area contributed by atoms with Crippen LogP contribution in [0.2, 0.25) is 0 Å². The Bertz CT molecular complexity index is 565. The number of carbonyl (C=O) groups is 1. The van der Waals surface area contributed by atoms with Crippen LogP contribution < -0.4 is 10.6 Å². The summed E-state index contributed by atoms with van der Waals surface area (Å²) in [6, 6.07) is 5.78. The van der Waals surface area contributed by atoms with Crippen molar-refractivity contribution in [1.82, 2.24) is 20.5 Å². The van der Waals surface area contributed by atoms with Crippen LogP contribution >= 0.6 is 0 Å². The highest BCUT2D eigenvalue weighted by Gasteiger charge is 2.10. The molecule has 0 saturated heterocycles. The minimum atomic E-state index is -0.0596. The van der Waals surface area contributed by atoms with Crippen molar-refractivity contribution in [2.45, 2.75) is 19.8 Å². The molecule has 2 rings (SSSR count). The fraction of sp³-hybridized carbons (Fsp3) is 0.357. The Morgan fingerprint density at radius 3 is 2.95 bits per heavy atom. The number of hydrogen-bond acceptors (Lipinski definition) is 4. The average molecular weight is 273 g/mol. The average Bonchev–Trinajstić information content (AvgIpc) is 2.96. The Labute approximate surface area is 118 Å². The van der Waals surface area contributed by atoms with Gasteiger partial charge in [-0.3, -0.25) is 9.89 Å². The third kappa shape index (κ3) is 3.57. The molecule has 106 valence electrons. The molecule has 0 atom stereocenters. The molecule has 0 fully saturated rings. The smallest absolute Gasteiger partial charge is 0.253 e. The first kappa shape index (κ1) is 14.0. The summed E-state index contributed by atoms with van der Waals surface area (Å²) in [4.78, 5) is 16.2. The monoisotopic (exact) mass is 273 g/mol. The third-order valence-electron chi connectivity index (χ3n) is 3.03. The predicted octanol–water partition coefficient (Wildman–Crippen LogP) is 1.52. The highest BCUT2D eigenvalue weighted by Crippen LogP contribution is 2.16. The summed E-state index contributed by atoms with van der Waals surface area (Å²) in [6.45, 7) is 2.58. The molecule has 1 aromatic heterocycles. The van der Waals surface area contributed by atoms with E-state index in [0.29, 0.717) is 12.1 Å². The molecule has 1 heterocycles. The van der Waals surface area contributed by atoms with Crippen LogP contribution in [0.4, 0.5) is 5.69 Å². The lowest BCUT2D eigenvalue weighted by Crippen LogP contribution is -2.25. The van der Waals surface area contributed by atoms with Gasteiger partial charge in [0.15, 0.2) is 0 Å². The summed E-state index contributed by atoms with van der Waals surface area (Å²) in [5.74, 6) is 0.779. The van der Waals surface area contributed by atoms with Gasteiger partial charge in [-0.1, -0.05) is 11.6 Å². The standard InChI is InChI=1S/C14H19N5O/c1-10-5-6-12(15-2)11(8-10)14(20)16-7-3-4-13-17-9-18-19-13/h5-6,8-9,15H,3-4,7H2,1-2H3,(H,16,20)(H,17,18,19). The first-order valence-corrected chi connectivity index (χ1v) is 6.61. The predicted molar refractivity (Wildman–Crippen MR) is 77.8 cm³/mol. The number of carbonyl (C=O) groups excluding carboxylic acids is 1. The minimum Gasteiger partial charge on any atom is -0.387 e. The molecule has 6 nitrogen and oxygen atoms in total. The van der Waals surface area contributed by atoms with Gasteiger partial charge in [0.25, 0.3) is 5.91 Å². The molecule has 3 N–H and O–H groups in total. The van der Waals surface area contributed by atoms with E-state index < -0.39 is 0 Å². The van der Waals surface area contributed by atoms with Crippen LogP contribution in [0.15, 0.2) is 24.5 Å². The van der Waals surface area contributed by atoms with Gasteiger partial charge in [-0.2, -0.15) is 5.10 Å². The number of nitrogens with zero attached hydrogens (tertiary/aromatic N) is 2. The Hall–Kier alpha value is -2.37. The largest absolute Gasteiger partial charge is 0.387 e. The number of hydrogen-bond donors (Lipinski definition) is 3. The summed E-state index contributed by atoms with van der Waals surface area (Å²) in [5.41, 5.74) is 2.58. The van der Waals surface area contributed by atoms with E-state index in [1.165, 1.54) is 6.33 Å². The Kier molecular flexibility index (Phi) is 4.70. The maximum Gasteiger partial charge on any atom is 0.253 e. The molecule has 6 heteroatoms. The van der Waals surface area contributed by atoms with Crippen molar-refractivity contribution in [3.8, 4) is 0 Å². The summed E-state index contributed by atoms with van der Waals surface area (Å²) in [6.07, 6.45) is 3.08. The molecule has 1 aromatic carbocycles. The number of aromatic nitrogens is 3. The molecule has 0 aliphatic carbocycles. The van der Waals surface area contributed by atoms with E-state index in [-0.39, 0.29) is 5.91 Å². The van der Waals surface area contributed by atoms with Gasteiger partial charge in [0, 0.05) is 25.7 Å². The van der Waals surface area contributed by atoms with Crippen LogP contribution in [0.5, 0.6) is 0 Å². The molecule has 0 aliphatic rings. The van der Waals surface area contributed by atoms with Crippen LogP contribution in [0.3, 0.4) is 0 Å². The van der Waals surface area contributed by atoms with E-state index in [0.717, 1.165) is 29.9 Å². The van der Waals surface area contributed by atoms with E-state index in [2.05, 4.69) is 25.8 Å². The first-order chi connectivity index (χ1) is 9.70. The highest BCUT2D eigenvalue weighted by atomic mass is 16.1. The molecular weight excluding hydrogens is 254 g/mol. The molecule has 2 aromatic rings. The maximum atomic E-state index is 12.2. The molecule has 1 amide bonds. The van der Waals surface area contributed by atoms with Gasteiger partial charge in [0.2, 0.25) is 0 Å². The molecule has 0 saturated carbocycles. The van der Waals surface area contributed by atoms with Crippen LogP contribution in [-0.4, -0.2) is 34.7 Å². The number of H-pyrrole nitrogens is 1. The fourth-order valence-electron chi connectivity index (χ4n) is 1.97. The van der Waals surface area contributed by atoms with Gasteiger partial charge in [0.05, 0.1) is 5.56 Å². The zero-order valence-electron chi connectivity index (χ0n) is 11.7. The van der Waals surface area contributed by atoms with E-state index >= 15 is 0 Å². The lowest BCUT2D eigenvalue weighted by Gasteiger charge is -2.10. The molecule has 0 bridgehead atoms. The molecule has 0 spiro atoms.